The first kappa shape index (κ1) is 13.0. The minimum absolute atomic E-state index is 0.612. The number of amides is 4. The average Bonchev–Trinajstić information content (AvgIpc) is 2.22. The van der Waals surface area contributed by atoms with E-state index >= 15 is 0 Å². The second-order valence-electron chi connectivity index (χ2n) is 2.63. The Labute approximate surface area is 86.6 Å². The topological polar surface area (TPSA) is 111 Å². The minimum Gasteiger partial charge on any atom is -0.478 e. The maximum atomic E-state index is 11.1. The number of nitrogens with zero attached hydrogens (tertiary/aromatic N) is 1. The molecule has 0 aromatic carbocycles. The molecule has 0 aliphatic carbocycles. The Morgan fingerprint density at radius 3 is 2.07 bits per heavy atom. The lowest BCUT2D eigenvalue weighted by molar-refractivity contribution is -0.142. The molecule has 15 heavy (non-hydrogen) atoms. The largest absolute Gasteiger partial charge is 0.478 e. The number of aliphatic carboxylic acids is 1. The van der Waals surface area contributed by atoms with Crippen LogP contribution in [0.5, 0.6) is 0 Å². The fraction of sp³-hybridized carbons (Fsp3) is 0.571. The maximum absolute atomic E-state index is 11.1. The molecule has 0 spiro atoms. The second kappa shape index (κ2) is 5.68. The van der Waals surface area contributed by atoms with Crippen LogP contribution < -0.4 is 16.0 Å². The van der Waals surface area contributed by atoms with E-state index in [1.54, 1.807) is 0 Å². The molecule has 4 N–H and O–H groups in total. The summed E-state index contributed by atoms with van der Waals surface area (Å²) in [5, 5.41) is 15.3. The van der Waals surface area contributed by atoms with Gasteiger partial charge in [0.1, 0.15) is 0 Å². The molecule has 0 aromatic rings. The Morgan fingerprint density at radius 2 is 1.73 bits per heavy atom. The van der Waals surface area contributed by atoms with Crippen LogP contribution >= 0.6 is 0 Å². The third kappa shape index (κ3) is 3.71. The standard InChI is InChI=1S/C7H14N4O4/c1-8-6(14)10-4(5(12)13)11(3)7(15)9-2/h4H,1-3H3,(H,9,15)(H,12,13)(H2,8,10,14). The summed E-state index contributed by atoms with van der Waals surface area (Å²) in [5.41, 5.74) is 0. The summed E-state index contributed by atoms with van der Waals surface area (Å²) in [4.78, 5) is 33.6. The van der Waals surface area contributed by atoms with Gasteiger partial charge in [0.15, 0.2) is 0 Å². The third-order valence-corrected chi connectivity index (χ3v) is 1.65. The lowest BCUT2D eigenvalue weighted by atomic mass is 10.4. The second-order valence-corrected chi connectivity index (χ2v) is 2.63. The van der Waals surface area contributed by atoms with Gasteiger partial charge in [-0.1, -0.05) is 0 Å². The van der Waals surface area contributed by atoms with Crippen molar-refractivity contribution in [1.82, 2.24) is 20.9 Å². The number of carboxylic acids is 1. The summed E-state index contributed by atoms with van der Waals surface area (Å²) in [7, 11) is 3.96. The number of urea groups is 2. The van der Waals surface area contributed by atoms with Gasteiger partial charge in [-0.15, -0.1) is 0 Å². The zero-order valence-electron chi connectivity index (χ0n) is 8.70. The Bertz CT molecular complexity index is 268. The van der Waals surface area contributed by atoms with Crippen LogP contribution in [0, 0.1) is 0 Å². The zero-order chi connectivity index (χ0) is 12.0. The quantitative estimate of drug-likeness (QED) is 0.436. The average molecular weight is 218 g/mol. The molecule has 1 atom stereocenters. The number of carboxylic acid groups (broad SMARTS) is 1. The molecule has 4 amide bonds. The first-order valence-electron chi connectivity index (χ1n) is 4.09. The van der Waals surface area contributed by atoms with Crippen LogP contribution in [0.3, 0.4) is 0 Å². The molecule has 86 valence electrons. The summed E-state index contributed by atoms with van der Waals surface area (Å²) in [6, 6.07) is -1.29. The summed E-state index contributed by atoms with van der Waals surface area (Å²) >= 11 is 0. The molecule has 0 saturated heterocycles. The molecule has 0 radical (unpaired) electrons. The van der Waals surface area contributed by atoms with E-state index in [0.717, 1.165) is 4.90 Å². The van der Waals surface area contributed by atoms with Crippen molar-refractivity contribution in [2.24, 2.45) is 0 Å². The molecule has 1 unspecified atom stereocenters. The molecule has 0 saturated carbocycles. The lowest BCUT2D eigenvalue weighted by Crippen LogP contribution is -2.57. The van der Waals surface area contributed by atoms with Crippen LogP contribution in [0.4, 0.5) is 9.59 Å². The van der Waals surface area contributed by atoms with Crippen molar-refractivity contribution >= 4 is 18.0 Å². The Kier molecular flexibility index (Phi) is 4.93. The highest BCUT2D eigenvalue weighted by Gasteiger charge is 2.27. The summed E-state index contributed by atoms with van der Waals surface area (Å²) < 4.78 is 0. The number of rotatable bonds is 3. The first-order valence-corrected chi connectivity index (χ1v) is 4.09. The monoisotopic (exact) mass is 218 g/mol. The van der Waals surface area contributed by atoms with E-state index < -0.39 is 24.2 Å². The van der Waals surface area contributed by atoms with Crippen molar-refractivity contribution < 1.29 is 19.5 Å². The van der Waals surface area contributed by atoms with E-state index in [9.17, 15) is 14.4 Å². The maximum Gasteiger partial charge on any atom is 0.347 e. The Balaban J connectivity index is 4.59. The van der Waals surface area contributed by atoms with Gasteiger partial charge >= 0.3 is 18.0 Å². The zero-order valence-corrected chi connectivity index (χ0v) is 8.70. The molecule has 8 nitrogen and oxygen atoms in total. The number of hydrogen-bond acceptors (Lipinski definition) is 3. The van der Waals surface area contributed by atoms with Gasteiger partial charge in [-0.25, -0.2) is 14.4 Å². The highest BCUT2D eigenvalue weighted by atomic mass is 16.4. The van der Waals surface area contributed by atoms with Gasteiger partial charge in [0.25, 0.3) is 0 Å². The van der Waals surface area contributed by atoms with Crippen molar-refractivity contribution in [3.63, 3.8) is 0 Å². The van der Waals surface area contributed by atoms with Crippen LogP contribution in [0.1, 0.15) is 0 Å². The van der Waals surface area contributed by atoms with E-state index in [1.807, 2.05) is 0 Å². The Morgan fingerprint density at radius 1 is 1.20 bits per heavy atom. The van der Waals surface area contributed by atoms with Crippen molar-refractivity contribution in [2.75, 3.05) is 21.1 Å². The summed E-state index contributed by atoms with van der Waals surface area (Å²) in [5.74, 6) is -1.33. The van der Waals surface area contributed by atoms with Gasteiger partial charge in [0.05, 0.1) is 0 Å². The van der Waals surface area contributed by atoms with Crippen LogP contribution in [-0.2, 0) is 4.79 Å². The number of nitrogens with one attached hydrogen (secondary N) is 3. The van der Waals surface area contributed by atoms with Crippen molar-refractivity contribution in [3.8, 4) is 0 Å². The molecule has 0 aromatic heterocycles. The van der Waals surface area contributed by atoms with Crippen molar-refractivity contribution in [3.05, 3.63) is 0 Å². The Hall–Kier alpha value is -1.99. The molecule has 0 heterocycles. The number of likely N-dealkylation sites (N-methyl/N-ethyl adjacent to an activating group) is 1. The van der Waals surface area contributed by atoms with E-state index in [0.29, 0.717) is 0 Å². The van der Waals surface area contributed by atoms with Crippen LogP contribution in [-0.4, -0.2) is 55.3 Å². The molecule has 0 rings (SSSR count). The highest BCUT2D eigenvalue weighted by molar-refractivity contribution is 5.86. The van der Waals surface area contributed by atoms with Crippen molar-refractivity contribution in [1.29, 1.82) is 0 Å². The van der Waals surface area contributed by atoms with Crippen LogP contribution in [0.25, 0.3) is 0 Å². The SMILES string of the molecule is CNC(=O)NC(C(=O)O)N(C)C(=O)NC. The van der Waals surface area contributed by atoms with E-state index in [2.05, 4.69) is 16.0 Å². The predicted octanol–water partition coefficient (Wildman–Crippen LogP) is -1.40. The van der Waals surface area contributed by atoms with Gasteiger partial charge in [-0.05, 0) is 0 Å². The fourth-order valence-corrected chi connectivity index (χ4v) is 0.814. The lowest BCUT2D eigenvalue weighted by Gasteiger charge is -2.24. The minimum atomic E-state index is -1.41. The third-order valence-electron chi connectivity index (χ3n) is 1.65. The van der Waals surface area contributed by atoms with Crippen molar-refractivity contribution in [2.45, 2.75) is 6.17 Å². The van der Waals surface area contributed by atoms with E-state index in [4.69, 9.17) is 5.11 Å². The molecule has 0 fully saturated rings. The fourth-order valence-electron chi connectivity index (χ4n) is 0.814. The van der Waals surface area contributed by atoms with Gasteiger partial charge < -0.3 is 21.1 Å². The van der Waals surface area contributed by atoms with E-state index in [-0.39, 0.29) is 0 Å². The molecular weight excluding hydrogens is 204 g/mol. The first-order chi connectivity index (χ1) is 6.93. The van der Waals surface area contributed by atoms with Gasteiger partial charge in [0.2, 0.25) is 6.17 Å². The number of hydrogen-bond donors (Lipinski definition) is 4. The molecular formula is C7H14N4O4. The summed E-state index contributed by atoms with van der Waals surface area (Å²) in [6.45, 7) is 0. The normalized spacial score (nSPS) is 11.1. The summed E-state index contributed by atoms with van der Waals surface area (Å²) in [6.07, 6.45) is -1.41. The van der Waals surface area contributed by atoms with Gasteiger partial charge in [-0.2, -0.15) is 0 Å². The van der Waals surface area contributed by atoms with Gasteiger partial charge in [-0.3, -0.25) is 4.90 Å². The highest BCUT2D eigenvalue weighted by Crippen LogP contribution is 1.93. The molecule has 8 heteroatoms. The van der Waals surface area contributed by atoms with Crippen LogP contribution in [0.2, 0.25) is 0 Å². The number of carbonyl (C=O) groups excluding carboxylic acids is 2. The molecule has 0 bridgehead atoms. The number of carbonyl (C=O) groups is 3. The van der Waals surface area contributed by atoms with Gasteiger partial charge in [0, 0.05) is 21.1 Å². The molecule has 0 aliphatic heterocycles. The van der Waals surface area contributed by atoms with E-state index in [1.165, 1.54) is 21.1 Å². The van der Waals surface area contributed by atoms with Crippen LogP contribution in [0.15, 0.2) is 0 Å². The predicted molar refractivity (Wildman–Crippen MR) is 51.2 cm³/mol. The molecule has 0 aliphatic rings. The smallest absolute Gasteiger partial charge is 0.347 e.